The van der Waals surface area contributed by atoms with Crippen LogP contribution in [0.2, 0.25) is 0 Å². The molecule has 0 radical (unpaired) electrons. The van der Waals surface area contributed by atoms with E-state index in [0.29, 0.717) is 12.1 Å². The summed E-state index contributed by atoms with van der Waals surface area (Å²) in [6.45, 7) is 1.16. The van der Waals surface area contributed by atoms with E-state index in [2.05, 4.69) is 4.74 Å². The molecule has 1 aromatic carbocycles. The summed E-state index contributed by atoms with van der Waals surface area (Å²) in [5.74, 6) is -1.96. The van der Waals surface area contributed by atoms with Crippen LogP contribution in [0.1, 0.15) is 22.8 Å². The topological polar surface area (TPSA) is 66.8 Å². The van der Waals surface area contributed by atoms with Gasteiger partial charge in [0.1, 0.15) is 11.3 Å². The highest BCUT2D eigenvalue weighted by Crippen LogP contribution is 2.33. The molecule has 94 valence electrons. The predicted octanol–water partition coefficient (Wildman–Crippen LogP) is 2.12. The van der Waals surface area contributed by atoms with E-state index in [1.807, 2.05) is 0 Å². The van der Waals surface area contributed by atoms with E-state index in [9.17, 15) is 18.0 Å². The lowest BCUT2D eigenvalue weighted by Crippen LogP contribution is -2.14. The first-order valence-electron chi connectivity index (χ1n) is 4.51. The lowest BCUT2D eigenvalue weighted by molar-refractivity contribution is -0.137. The third-order valence-electron chi connectivity index (χ3n) is 1.84. The summed E-state index contributed by atoms with van der Waals surface area (Å²) in [5, 5.41) is 17.6. The molecule has 0 saturated heterocycles. The smallest absolute Gasteiger partial charge is 0.416 e. The van der Waals surface area contributed by atoms with Gasteiger partial charge in [0.25, 0.3) is 0 Å². The van der Waals surface area contributed by atoms with Gasteiger partial charge in [-0.15, -0.1) is 0 Å². The van der Waals surface area contributed by atoms with Crippen LogP contribution in [0.25, 0.3) is 0 Å². The van der Waals surface area contributed by atoms with Crippen LogP contribution < -0.4 is 4.74 Å². The number of aromatic carboxylic acids is 1. The van der Waals surface area contributed by atoms with Crippen molar-refractivity contribution in [2.45, 2.75) is 19.4 Å². The molecule has 1 aromatic rings. The van der Waals surface area contributed by atoms with Crippen LogP contribution in [0.4, 0.5) is 13.2 Å². The van der Waals surface area contributed by atoms with Crippen molar-refractivity contribution in [3.05, 3.63) is 29.3 Å². The number of carboxylic acid groups (broad SMARTS) is 1. The third-order valence-corrected chi connectivity index (χ3v) is 1.84. The highest BCUT2D eigenvalue weighted by Gasteiger charge is 2.32. The average molecular weight is 250 g/mol. The quantitative estimate of drug-likeness (QED) is 0.806. The zero-order valence-corrected chi connectivity index (χ0v) is 8.65. The lowest BCUT2D eigenvalue weighted by Gasteiger charge is -2.14. The molecule has 1 atom stereocenters. The van der Waals surface area contributed by atoms with Gasteiger partial charge in [-0.05, 0) is 25.1 Å². The van der Waals surface area contributed by atoms with Crippen LogP contribution >= 0.6 is 0 Å². The van der Waals surface area contributed by atoms with Gasteiger partial charge >= 0.3 is 12.1 Å². The minimum absolute atomic E-state index is 0.445. The fourth-order valence-corrected chi connectivity index (χ4v) is 1.16. The number of benzene rings is 1. The fourth-order valence-electron chi connectivity index (χ4n) is 1.16. The van der Waals surface area contributed by atoms with Crippen LogP contribution in [0.3, 0.4) is 0 Å². The highest BCUT2D eigenvalue weighted by atomic mass is 19.4. The summed E-state index contributed by atoms with van der Waals surface area (Å²) >= 11 is 0. The number of ether oxygens (including phenoxy) is 1. The molecule has 0 amide bonds. The van der Waals surface area contributed by atoms with Gasteiger partial charge in [-0.3, -0.25) is 0 Å². The largest absolute Gasteiger partial charge is 0.478 e. The fraction of sp³-hybridized carbons (Fsp3) is 0.300. The highest BCUT2D eigenvalue weighted by molar-refractivity contribution is 5.91. The van der Waals surface area contributed by atoms with Crippen molar-refractivity contribution in [1.82, 2.24) is 0 Å². The molecule has 0 aliphatic rings. The number of carbonyl (C=O) groups is 1. The molecule has 1 unspecified atom stereocenters. The normalized spacial score (nSPS) is 13.2. The molecule has 0 aliphatic carbocycles. The van der Waals surface area contributed by atoms with Crippen LogP contribution in [-0.4, -0.2) is 22.5 Å². The zero-order chi connectivity index (χ0) is 13.2. The van der Waals surface area contributed by atoms with E-state index < -0.39 is 35.3 Å². The minimum atomic E-state index is -4.60. The van der Waals surface area contributed by atoms with Crippen LogP contribution in [0.15, 0.2) is 18.2 Å². The summed E-state index contributed by atoms with van der Waals surface area (Å²) in [7, 11) is 0. The molecule has 0 fully saturated rings. The van der Waals surface area contributed by atoms with Gasteiger partial charge in [-0.2, -0.15) is 13.2 Å². The summed E-state index contributed by atoms with van der Waals surface area (Å²) < 4.78 is 41.7. The Morgan fingerprint density at radius 2 is 2.00 bits per heavy atom. The Balaban J connectivity index is 3.24. The number of hydrogen-bond donors (Lipinski definition) is 2. The Morgan fingerprint density at radius 1 is 1.41 bits per heavy atom. The second kappa shape index (κ2) is 4.62. The van der Waals surface area contributed by atoms with Gasteiger partial charge in [-0.1, -0.05) is 0 Å². The maximum absolute atomic E-state index is 12.4. The first-order valence-corrected chi connectivity index (χ1v) is 4.51. The number of carboxylic acids is 1. The number of alkyl halides is 3. The molecule has 0 bridgehead atoms. The van der Waals surface area contributed by atoms with Crippen LogP contribution in [-0.2, 0) is 6.18 Å². The van der Waals surface area contributed by atoms with E-state index >= 15 is 0 Å². The van der Waals surface area contributed by atoms with E-state index in [0.717, 1.165) is 13.0 Å². The van der Waals surface area contributed by atoms with Gasteiger partial charge in [0, 0.05) is 0 Å². The first-order chi connectivity index (χ1) is 7.71. The Labute approximate surface area is 94.3 Å². The third kappa shape index (κ3) is 3.35. The van der Waals surface area contributed by atoms with Crippen molar-refractivity contribution in [3.8, 4) is 5.75 Å². The second-order valence-corrected chi connectivity index (χ2v) is 3.23. The van der Waals surface area contributed by atoms with Crippen LogP contribution in [0, 0.1) is 0 Å². The molecule has 0 saturated carbocycles. The maximum Gasteiger partial charge on any atom is 0.416 e. The number of rotatable bonds is 3. The molecule has 0 heterocycles. The summed E-state index contributed by atoms with van der Waals surface area (Å²) in [4.78, 5) is 10.7. The molecule has 0 spiro atoms. The molecule has 17 heavy (non-hydrogen) atoms. The predicted molar refractivity (Wildman–Crippen MR) is 50.7 cm³/mol. The van der Waals surface area contributed by atoms with E-state index in [-0.39, 0.29) is 0 Å². The molecular formula is C10H9F3O4. The van der Waals surface area contributed by atoms with Crippen molar-refractivity contribution in [2.75, 3.05) is 0 Å². The molecule has 2 N–H and O–H groups in total. The maximum atomic E-state index is 12.4. The van der Waals surface area contributed by atoms with E-state index in [1.165, 1.54) is 0 Å². The van der Waals surface area contributed by atoms with Crippen molar-refractivity contribution in [1.29, 1.82) is 0 Å². The second-order valence-electron chi connectivity index (χ2n) is 3.23. The molecule has 1 rings (SSSR count). The Kier molecular flexibility index (Phi) is 3.62. The van der Waals surface area contributed by atoms with Gasteiger partial charge in [-0.25, -0.2) is 4.79 Å². The van der Waals surface area contributed by atoms with Crippen molar-refractivity contribution in [3.63, 3.8) is 0 Å². The van der Waals surface area contributed by atoms with Gasteiger partial charge in [0.05, 0.1) is 5.56 Å². The average Bonchev–Trinajstić information content (AvgIpc) is 2.14. The summed E-state index contributed by atoms with van der Waals surface area (Å²) in [6.07, 6.45) is -6.01. The van der Waals surface area contributed by atoms with E-state index in [1.54, 1.807) is 0 Å². The number of aliphatic hydroxyl groups is 1. The summed E-state index contributed by atoms with van der Waals surface area (Å²) in [6, 6.07) is 1.96. The zero-order valence-electron chi connectivity index (χ0n) is 8.65. The minimum Gasteiger partial charge on any atom is -0.478 e. The Hall–Kier alpha value is -1.76. The van der Waals surface area contributed by atoms with Crippen molar-refractivity contribution >= 4 is 5.97 Å². The Morgan fingerprint density at radius 3 is 2.41 bits per heavy atom. The lowest BCUT2D eigenvalue weighted by atomic mass is 10.1. The van der Waals surface area contributed by atoms with Crippen molar-refractivity contribution < 1.29 is 32.9 Å². The SMILES string of the molecule is CC(O)Oc1cc(C(F)(F)F)ccc1C(=O)O. The van der Waals surface area contributed by atoms with Gasteiger partial charge in [0.15, 0.2) is 6.29 Å². The molecular weight excluding hydrogens is 241 g/mol. The standard InChI is InChI=1S/C10H9F3O4/c1-5(14)17-8-4-6(10(11,12)13)2-3-7(8)9(15)16/h2-5,14H,1H3,(H,15,16). The monoisotopic (exact) mass is 250 g/mol. The summed E-state index contributed by atoms with van der Waals surface area (Å²) in [5.41, 5.74) is -1.49. The number of hydrogen-bond acceptors (Lipinski definition) is 3. The number of aliphatic hydroxyl groups excluding tert-OH is 1. The van der Waals surface area contributed by atoms with E-state index in [4.69, 9.17) is 10.2 Å². The molecule has 0 aliphatic heterocycles. The first kappa shape index (κ1) is 13.3. The van der Waals surface area contributed by atoms with Crippen molar-refractivity contribution in [2.24, 2.45) is 0 Å². The van der Waals surface area contributed by atoms with Gasteiger partial charge in [0.2, 0.25) is 0 Å². The number of halogens is 3. The van der Waals surface area contributed by atoms with Crippen LogP contribution in [0.5, 0.6) is 5.75 Å². The molecule has 4 nitrogen and oxygen atoms in total. The Bertz CT molecular complexity index is 426. The molecule has 7 heteroatoms. The van der Waals surface area contributed by atoms with Gasteiger partial charge < -0.3 is 14.9 Å². The molecule has 0 aromatic heterocycles.